The van der Waals surface area contributed by atoms with Crippen LogP contribution in [-0.4, -0.2) is 16.0 Å². The van der Waals surface area contributed by atoms with Gasteiger partial charge in [-0.2, -0.15) is 18.3 Å². The van der Waals surface area contributed by atoms with Crippen molar-refractivity contribution in [2.24, 2.45) is 0 Å². The van der Waals surface area contributed by atoms with Gasteiger partial charge < -0.3 is 0 Å². The minimum absolute atomic E-state index is 0.374. The molecule has 0 radical (unpaired) electrons. The van der Waals surface area contributed by atoms with Gasteiger partial charge in [0.15, 0.2) is 0 Å². The predicted molar refractivity (Wildman–Crippen MR) is 88.0 cm³/mol. The maximum atomic E-state index is 12.6. The van der Waals surface area contributed by atoms with Crippen molar-refractivity contribution in [3.05, 3.63) is 51.8 Å². The lowest BCUT2D eigenvalue weighted by Crippen LogP contribution is -2.29. The summed E-state index contributed by atoms with van der Waals surface area (Å²) in [5.74, 6) is 0. The Labute approximate surface area is 139 Å². The molecule has 2 aromatic rings. The molecule has 0 amide bonds. The zero-order valence-corrected chi connectivity index (χ0v) is 13.9. The van der Waals surface area contributed by atoms with E-state index >= 15 is 0 Å². The van der Waals surface area contributed by atoms with E-state index in [1.165, 1.54) is 17.2 Å². The van der Waals surface area contributed by atoms with Gasteiger partial charge in [-0.25, -0.2) is 4.68 Å². The van der Waals surface area contributed by atoms with Crippen LogP contribution >= 0.6 is 0 Å². The zero-order valence-electron chi connectivity index (χ0n) is 13.9. The molecule has 0 saturated carbocycles. The van der Waals surface area contributed by atoms with E-state index in [0.29, 0.717) is 10.4 Å². The number of alkyl halides is 3. The minimum atomic E-state index is -4.48. The first-order valence-electron chi connectivity index (χ1n) is 8.11. The summed E-state index contributed by atoms with van der Waals surface area (Å²) >= 11 is 0. The normalized spacial score (nSPS) is 11.7. The fourth-order valence-corrected chi connectivity index (χ4v) is 2.69. The van der Waals surface area contributed by atoms with Crippen molar-refractivity contribution in [3.63, 3.8) is 0 Å². The standard InChI is InChI=1S/C18H21F3N2O/c1-3-5-13-7-8-15(11-14(13)6-4-2)16-9-10-17(24)23(22-16)12-18(19,20)21/h7-11H,3-6,12H2,1-2H3. The van der Waals surface area contributed by atoms with Crippen molar-refractivity contribution in [1.82, 2.24) is 9.78 Å². The average molecular weight is 338 g/mol. The Morgan fingerprint density at radius 1 is 1.00 bits per heavy atom. The van der Waals surface area contributed by atoms with Gasteiger partial charge >= 0.3 is 6.18 Å². The molecule has 0 bridgehead atoms. The smallest absolute Gasteiger partial charge is 0.268 e. The molecule has 0 aliphatic rings. The second-order valence-corrected chi connectivity index (χ2v) is 5.81. The van der Waals surface area contributed by atoms with Crippen molar-refractivity contribution in [3.8, 4) is 11.3 Å². The number of aromatic nitrogens is 2. The third kappa shape index (κ3) is 4.69. The van der Waals surface area contributed by atoms with E-state index in [9.17, 15) is 18.0 Å². The highest BCUT2D eigenvalue weighted by atomic mass is 19.4. The zero-order chi connectivity index (χ0) is 17.7. The fraction of sp³-hybridized carbons (Fsp3) is 0.444. The Morgan fingerprint density at radius 3 is 2.29 bits per heavy atom. The molecule has 0 atom stereocenters. The lowest BCUT2D eigenvalue weighted by atomic mass is 9.96. The average Bonchev–Trinajstić information content (AvgIpc) is 2.50. The topological polar surface area (TPSA) is 34.9 Å². The Hall–Kier alpha value is -2.11. The Morgan fingerprint density at radius 2 is 1.67 bits per heavy atom. The molecule has 0 unspecified atom stereocenters. The summed E-state index contributed by atoms with van der Waals surface area (Å²) in [4.78, 5) is 11.6. The van der Waals surface area contributed by atoms with Gasteiger partial charge in [-0.3, -0.25) is 4.79 Å². The second kappa shape index (κ2) is 7.64. The van der Waals surface area contributed by atoms with E-state index in [1.807, 2.05) is 18.2 Å². The molecule has 2 rings (SSSR count). The van der Waals surface area contributed by atoms with Crippen LogP contribution in [0.2, 0.25) is 0 Å². The molecule has 1 heterocycles. The number of hydrogen-bond donors (Lipinski definition) is 0. The first-order chi connectivity index (χ1) is 11.3. The van der Waals surface area contributed by atoms with Crippen LogP contribution in [0.15, 0.2) is 35.1 Å². The maximum absolute atomic E-state index is 12.6. The van der Waals surface area contributed by atoms with Crippen LogP contribution < -0.4 is 5.56 Å². The van der Waals surface area contributed by atoms with Crippen LogP contribution in [0.5, 0.6) is 0 Å². The Kier molecular flexibility index (Phi) is 5.80. The van der Waals surface area contributed by atoms with Gasteiger partial charge in [0.05, 0.1) is 5.69 Å². The number of nitrogens with zero attached hydrogens (tertiary/aromatic N) is 2. The number of halogens is 3. The van der Waals surface area contributed by atoms with Crippen LogP contribution in [0.1, 0.15) is 37.8 Å². The quantitative estimate of drug-likeness (QED) is 0.783. The summed E-state index contributed by atoms with van der Waals surface area (Å²) in [6.45, 7) is 2.82. The predicted octanol–water partition coefficient (Wildman–Crippen LogP) is 4.38. The molecule has 1 aromatic heterocycles. The van der Waals surface area contributed by atoms with Gasteiger partial charge in [0.1, 0.15) is 6.54 Å². The summed E-state index contributed by atoms with van der Waals surface area (Å²) < 4.78 is 38.1. The van der Waals surface area contributed by atoms with Gasteiger partial charge in [-0.05, 0) is 36.1 Å². The van der Waals surface area contributed by atoms with Gasteiger partial charge in [-0.15, -0.1) is 0 Å². The van der Waals surface area contributed by atoms with Crippen molar-refractivity contribution in [1.29, 1.82) is 0 Å². The van der Waals surface area contributed by atoms with Crippen molar-refractivity contribution in [2.75, 3.05) is 0 Å². The molecule has 130 valence electrons. The minimum Gasteiger partial charge on any atom is -0.268 e. The third-order valence-corrected chi connectivity index (χ3v) is 3.74. The molecular formula is C18H21F3N2O. The lowest BCUT2D eigenvalue weighted by molar-refractivity contribution is -0.143. The molecule has 6 heteroatoms. The highest BCUT2D eigenvalue weighted by Gasteiger charge is 2.29. The van der Waals surface area contributed by atoms with Crippen LogP contribution in [0, 0.1) is 0 Å². The van der Waals surface area contributed by atoms with Gasteiger partial charge in [-0.1, -0.05) is 38.8 Å². The molecule has 0 saturated heterocycles. The van der Waals surface area contributed by atoms with Crippen LogP contribution in [0.25, 0.3) is 11.3 Å². The maximum Gasteiger partial charge on any atom is 0.408 e. The summed E-state index contributed by atoms with van der Waals surface area (Å²) in [5.41, 5.74) is 2.79. The summed E-state index contributed by atoms with van der Waals surface area (Å²) in [6, 6.07) is 8.44. The monoisotopic (exact) mass is 338 g/mol. The lowest BCUT2D eigenvalue weighted by Gasteiger charge is -2.12. The molecule has 0 N–H and O–H groups in total. The SMILES string of the molecule is CCCc1ccc(-c2ccc(=O)n(CC(F)(F)F)n2)cc1CCC. The first kappa shape index (κ1) is 18.2. The summed E-state index contributed by atoms with van der Waals surface area (Å²) in [5, 5.41) is 3.89. The van der Waals surface area contributed by atoms with Crippen molar-refractivity contribution < 1.29 is 13.2 Å². The first-order valence-corrected chi connectivity index (χ1v) is 8.11. The van der Waals surface area contributed by atoms with Crippen LogP contribution in [-0.2, 0) is 19.4 Å². The van der Waals surface area contributed by atoms with E-state index < -0.39 is 18.3 Å². The van der Waals surface area contributed by atoms with Gasteiger partial charge in [0.25, 0.3) is 5.56 Å². The molecular weight excluding hydrogens is 317 g/mol. The molecule has 0 spiro atoms. The van der Waals surface area contributed by atoms with E-state index in [2.05, 4.69) is 18.9 Å². The van der Waals surface area contributed by atoms with Crippen LogP contribution in [0.3, 0.4) is 0 Å². The van der Waals surface area contributed by atoms with E-state index in [0.717, 1.165) is 37.3 Å². The molecule has 0 fully saturated rings. The Bertz CT molecular complexity index is 751. The highest BCUT2D eigenvalue weighted by molar-refractivity contribution is 5.60. The number of hydrogen-bond acceptors (Lipinski definition) is 2. The fourth-order valence-electron chi connectivity index (χ4n) is 2.69. The van der Waals surface area contributed by atoms with Crippen molar-refractivity contribution >= 4 is 0 Å². The largest absolute Gasteiger partial charge is 0.408 e. The summed E-state index contributed by atoms with van der Waals surface area (Å²) in [6.07, 6.45) is -0.582. The highest BCUT2D eigenvalue weighted by Crippen LogP contribution is 2.23. The molecule has 24 heavy (non-hydrogen) atoms. The number of rotatable bonds is 6. The van der Waals surface area contributed by atoms with Gasteiger partial charge in [0.2, 0.25) is 0 Å². The second-order valence-electron chi connectivity index (χ2n) is 5.81. The van der Waals surface area contributed by atoms with Crippen LogP contribution in [0.4, 0.5) is 13.2 Å². The summed E-state index contributed by atoms with van der Waals surface area (Å²) in [7, 11) is 0. The molecule has 3 nitrogen and oxygen atoms in total. The Balaban J connectivity index is 2.42. The third-order valence-electron chi connectivity index (χ3n) is 3.74. The van der Waals surface area contributed by atoms with Crippen molar-refractivity contribution in [2.45, 2.75) is 52.3 Å². The molecule has 0 aliphatic heterocycles. The van der Waals surface area contributed by atoms with Gasteiger partial charge in [0, 0.05) is 11.6 Å². The molecule has 1 aromatic carbocycles. The van der Waals surface area contributed by atoms with E-state index in [-0.39, 0.29) is 0 Å². The number of aryl methyl sites for hydroxylation is 2. The number of benzene rings is 1. The van der Waals surface area contributed by atoms with E-state index in [4.69, 9.17) is 0 Å². The van der Waals surface area contributed by atoms with E-state index in [1.54, 1.807) is 0 Å². The molecule has 0 aliphatic carbocycles.